The van der Waals surface area contributed by atoms with Gasteiger partial charge in [0.2, 0.25) is 0 Å². The smallest absolute Gasteiger partial charge is 0.196 e. The molecule has 5 heteroatoms. The van der Waals surface area contributed by atoms with Crippen molar-refractivity contribution in [3.63, 3.8) is 0 Å². The molecular weight excluding hydrogens is 450 g/mol. The number of hydrogen-bond acceptors (Lipinski definition) is 5. The van der Waals surface area contributed by atoms with Crippen molar-refractivity contribution in [2.24, 2.45) is 0 Å². The fourth-order valence-corrected chi connectivity index (χ4v) is 4.54. The van der Waals surface area contributed by atoms with Crippen LogP contribution >= 0.6 is 0 Å². The first-order valence-electron chi connectivity index (χ1n) is 13.7. The summed E-state index contributed by atoms with van der Waals surface area (Å²) in [4.78, 5) is 27.3. The van der Waals surface area contributed by atoms with Crippen LogP contribution in [-0.2, 0) is 17.6 Å². The molecule has 1 aliphatic carbocycles. The molecule has 0 unspecified atom stereocenters. The van der Waals surface area contributed by atoms with E-state index in [1.807, 2.05) is 30.2 Å². The summed E-state index contributed by atoms with van der Waals surface area (Å²) in [5, 5.41) is 0. The van der Waals surface area contributed by atoms with E-state index in [1.54, 1.807) is 12.2 Å². The summed E-state index contributed by atoms with van der Waals surface area (Å²) in [6.07, 6.45) is 12.4. The fourth-order valence-electron chi connectivity index (χ4n) is 4.54. The minimum Gasteiger partial charge on any atom is -0.494 e. The minimum absolute atomic E-state index is 0.0688. The van der Waals surface area contributed by atoms with E-state index in [-0.39, 0.29) is 5.78 Å². The number of carbonyl (C=O) groups excluding carboxylic acids is 2. The quantitative estimate of drug-likeness (QED) is 0.146. The minimum atomic E-state index is -0.0688. The second-order valence-electron chi connectivity index (χ2n) is 9.59. The Bertz CT molecular complexity index is 1050. The predicted octanol–water partition coefficient (Wildman–Crippen LogP) is 6.85. The SMILES string of the molecule is CCCCc1oc2c(c1C(=O)c1ccc(OCCCN(CCCC)CCCC)cc1)CC(=C=O)C=C2. The summed E-state index contributed by atoms with van der Waals surface area (Å²) in [5.41, 5.74) is 2.53. The van der Waals surface area contributed by atoms with Crippen molar-refractivity contribution in [1.82, 2.24) is 4.90 Å². The average molecular weight is 492 g/mol. The van der Waals surface area contributed by atoms with Crippen LogP contribution in [0.1, 0.15) is 98.7 Å². The Balaban J connectivity index is 1.63. The lowest BCUT2D eigenvalue weighted by Gasteiger charge is -2.21. The van der Waals surface area contributed by atoms with Gasteiger partial charge in [-0.05, 0) is 75.2 Å². The highest BCUT2D eigenvalue weighted by Gasteiger charge is 2.27. The summed E-state index contributed by atoms with van der Waals surface area (Å²) >= 11 is 0. The molecule has 1 aromatic carbocycles. The molecule has 0 aliphatic heterocycles. The average Bonchev–Trinajstić information content (AvgIpc) is 3.28. The van der Waals surface area contributed by atoms with Gasteiger partial charge in [-0.1, -0.05) is 40.0 Å². The van der Waals surface area contributed by atoms with E-state index in [2.05, 4.69) is 25.7 Å². The third kappa shape index (κ3) is 7.56. The van der Waals surface area contributed by atoms with Crippen molar-refractivity contribution < 1.29 is 18.7 Å². The summed E-state index contributed by atoms with van der Waals surface area (Å²) < 4.78 is 12.0. The normalized spacial score (nSPS) is 12.6. The highest BCUT2D eigenvalue weighted by atomic mass is 16.5. The van der Waals surface area contributed by atoms with Gasteiger partial charge in [0.1, 0.15) is 23.2 Å². The maximum atomic E-state index is 13.5. The Labute approximate surface area is 216 Å². The van der Waals surface area contributed by atoms with Gasteiger partial charge in [-0.15, -0.1) is 0 Å². The molecule has 36 heavy (non-hydrogen) atoms. The third-order valence-corrected chi connectivity index (χ3v) is 6.69. The van der Waals surface area contributed by atoms with Crippen molar-refractivity contribution in [2.75, 3.05) is 26.2 Å². The Hall–Kier alpha value is -2.88. The standard InChI is InChI=1S/C31H41NO4/c1-4-7-11-29-30(27-22-24(23-33)12-17-28(27)36-29)31(34)25-13-15-26(16-14-25)35-21-10-20-32(18-8-5-2)19-9-6-3/h12-17H,4-11,18-22H2,1-3H3. The second kappa shape index (κ2) is 14.6. The molecule has 1 heterocycles. The summed E-state index contributed by atoms with van der Waals surface area (Å²) in [6, 6.07) is 7.39. The van der Waals surface area contributed by atoms with Crippen molar-refractivity contribution in [2.45, 2.75) is 78.6 Å². The monoisotopic (exact) mass is 491 g/mol. The molecule has 1 aromatic heterocycles. The molecule has 0 bridgehead atoms. The van der Waals surface area contributed by atoms with E-state index in [0.717, 1.165) is 50.2 Å². The zero-order chi connectivity index (χ0) is 25.8. The van der Waals surface area contributed by atoms with Gasteiger partial charge in [0, 0.05) is 36.1 Å². The number of hydrogen-bond donors (Lipinski definition) is 0. The van der Waals surface area contributed by atoms with E-state index in [9.17, 15) is 9.59 Å². The van der Waals surface area contributed by atoms with Crippen molar-refractivity contribution >= 4 is 17.8 Å². The number of ether oxygens (including phenoxy) is 1. The van der Waals surface area contributed by atoms with Crippen LogP contribution in [0.15, 0.2) is 40.3 Å². The molecule has 194 valence electrons. The molecule has 2 aromatic rings. The van der Waals surface area contributed by atoms with Crippen molar-refractivity contribution in [3.05, 3.63) is 64.1 Å². The Morgan fingerprint density at radius 2 is 1.61 bits per heavy atom. The van der Waals surface area contributed by atoms with Gasteiger partial charge in [0.15, 0.2) is 5.78 Å². The van der Waals surface area contributed by atoms with Gasteiger partial charge < -0.3 is 14.1 Å². The van der Waals surface area contributed by atoms with Gasteiger partial charge in [-0.25, -0.2) is 4.79 Å². The maximum absolute atomic E-state index is 13.5. The van der Waals surface area contributed by atoms with Crippen LogP contribution in [0, 0.1) is 0 Å². The first-order valence-corrected chi connectivity index (χ1v) is 13.7. The van der Waals surface area contributed by atoms with Crippen LogP contribution in [0.25, 0.3) is 6.08 Å². The maximum Gasteiger partial charge on any atom is 0.196 e. The third-order valence-electron chi connectivity index (χ3n) is 6.69. The van der Waals surface area contributed by atoms with Gasteiger partial charge in [0.05, 0.1) is 12.2 Å². The Kier molecular flexibility index (Phi) is 11.3. The highest BCUT2D eigenvalue weighted by molar-refractivity contribution is 6.11. The number of rotatable bonds is 16. The van der Waals surface area contributed by atoms with Crippen molar-refractivity contribution in [3.8, 4) is 5.75 Å². The van der Waals surface area contributed by atoms with Crippen LogP contribution in [-0.4, -0.2) is 42.9 Å². The zero-order valence-electron chi connectivity index (χ0n) is 22.2. The predicted molar refractivity (Wildman–Crippen MR) is 146 cm³/mol. The number of furan rings is 1. The van der Waals surface area contributed by atoms with Crippen LogP contribution < -0.4 is 4.74 Å². The lowest BCUT2D eigenvalue weighted by Crippen LogP contribution is -2.28. The zero-order valence-corrected chi connectivity index (χ0v) is 22.2. The number of unbranched alkanes of at least 4 members (excludes halogenated alkanes) is 3. The molecule has 0 spiro atoms. The molecule has 0 amide bonds. The lowest BCUT2D eigenvalue weighted by atomic mass is 9.91. The molecule has 0 radical (unpaired) electrons. The van der Waals surface area contributed by atoms with Gasteiger partial charge in [-0.2, -0.15) is 0 Å². The lowest BCUT2D eigenvalue weighted by molar-refractivity contribution is 0.103. The highest BCUT2D eigenvalue weighted by Crippen LogP contribution is 2.33. The molecule has 0 fully saturated rings. The van der Waals surface area contributed by atoms with Crippen LogP contribution in [0.5, 0.6) is 5.75 Å². The largest absolute Gasteiger partial charge is 0.494 e. The first-order chi connectivity index (χ1) is 17.6. The van der Waals surface area contributed by atoms with Crippen molar-refractivity contribution in [1.29, 1.82) is 0 Å². The first kappa shape index (κ1) is 27.7. The summed E-state index contributed by atoms with van der Waals surface area (Å²) in [7, 11) is 0. The number of nitrogens with zero attached hydrogens (tertiary/aromatic N) is 1. The molecule has 3 rings (SSSR count). The molecule has 0 N–H and O–H groups in total. The van der Waals surface area contributed by atoms with E-state index in [4.69, 9.17) is 9.15 Å². The molecular formula is C31H41NO4. The summed E-state index contributed by atoms with van der Waals surface area (Å²) in [6.45, 7) is 10.6. The number of aryl methyl sites for hydroxylation is 1. The molecule has 0 saturated heterocycles. The molecule has 0 saturated carbocycles. The number of allylic oxidation sites excluding steroid dienone is 2. The van der Waals surface area contributed by atoms with Gasteiger partial charge in [-0.3, -0.25) is 4.79 Å². The second-order valence-corrected chi connectivity index (χ2v) is 9.59. The van der Waals surface area contributed by atoms with Gasteiger partial charge in [0.25, 0.3) is 0 Å². The van der Waals surface area contributed by atoms with E-state index in [1.165, 1.54) is 25.7 Å². The molecule has 5 nitrogen and oxygen atoms in total. The number of ketones is 1. The Morgan fingerprint density at radius 3 is 2.25 bits per heavy atom. The van der Waals surface area contributed by atoms with E-state index >= 15 is 0 Å². The molecule has 1 aliphatic rings. The Morgan fingerprint density at radius 1 is 0.944 bits per heavy atom. The van der Waals surface area contributed by atoms with Crippen LogP contribution in [0.4, 0.5) is 0 Å². The fraction of sp³-hybridized carbons (Fsp3) is 0.516. The van der Waals surface area contributed by atoms with Crippen LogP contribution in [0.2, 0.25) is 0 Å². The van der Waals surface area contributed by atoms with E-state index < -0.39 is 0 Å². The van der Waals surface area contributed by atoms with Crippen LogP contribution in [0.3, 0.4) is 0 Å². The number of fused-ring (bicyclic) bond motifs is 1. The van der Waals surface area contributed by atoms with E-state index in [0.29, 0.717) is 47.7 Å². The number of benzene rings is 1. The molecule has 0 atom stereocenters. The topological polar surface area (TPSA) is 59.8 Å². The summed E-state index contributed by atoms with van der Waals surface area (Å²) in [5.74, 6) is 4.06. The number of carbonyl (C=O) groups is 1. The van der Waals surface area contributed by atoms with Gasteiger partial charge >= 0.3 is 0 Å².